The van der Waals surface area contributed by atoms with Crippen molar-refractivity contribution in [2.75, 3.05) is 52.7 Å². The van der Waals surface area contributed by atoms with E-state index in [2.05, 4.69) is 94.6 Å². The van der Waals surface area contributed by atoms with Crippen molar-refractivity contribution in [1.82, 2.24) is 46.4 Å². The van der Waals surface area contributed by atoms with Gasteiger partial charge in [0, 0.05) is 70.1 Å². The molecule has 6 saturated heterocycles. The number of allylic oxidation sites excluding steroid dienone is 1. The lowest BCUT2D eigenvalue weighted by Crippen LogP contribution is -2.51. The topological polar surface area (TPSA) is 490 Å². The number of H-pyrrole nitrogens is 1. The number of carboxylic acid groups (broad SMARTS) is 2. The summed E-state index contributed by atoms with van der Waals surface area (Å²) in [6.45, 7) is 13.8. The number of alkyl carbamates (subject to hydrolysis) is 5. The Kier molecular flexibility index (Phi) is 36.4. The average molecular weight is 1760 g/mol. The van der Waals surface area contributed by atoms with Gasteiger partial charge in [-0.05, 0) is 132 Å². The molecule has 1 aromatic heterocycles. The van der Waals surface area contributed by atoms with Crippen LogP contribution in [0, 0.1) is 12.8 Å². The van der Waals surface area contributed by atoms with Crippen LogP contribution in [0.15, 0.2) is 156 Å². The number of cyclic esters (lactones) is 4. The van der Waals surface area contributed by atoms with Gasteiger partial charge in [-0.25, -0.2) is 48.1 Å². The number of nitrogens with zero attached hydrogens (tertiary/aromatic N) is 4. The second-order valence-corrected chi connectivity index (χ2v) is 33.2. The van der Waals surface area contributed by atoms with Gasteiger partial charge in [-0.1, -0.05) is 134 Å². The van der Waals surface area contributed by atoms with Crippen LogP contribution in [0.25, 0.3) is 28.0 Å². The molecule has 13 rings (SSSR count). The number of rotatable bonds is 24. The first-order valence-electron chi connectivity index (χ1n) is 40.6. The number of esters is 3. The maximum Gasteiger partial charge on any atom is 0.408 e. The number of aliphatic carboxylic acids is 2. The Bertz CT molecular complexity index is 4860. The van der Waals surface area contributed by atoms with Crippen LogP contribution in [0.5, 0.6) is 0 Å². The molecule has 37 heteroatoms. The number of carbonyl (C=O) groups is 12. The molecule has 9 N–H and O–H groups in total. The minimum atomic E-state index is -4.01. The largest absolute Gasteiger partial charge is 0.480 e. The van der Waals surface area contributed by atoms with E-state index < -0.39 is 106 Å². The fourth-order valence-electron chi connectivity index (χ4n) is 13.6. The lowest BCUT2D eigenvalue weighted by Gasteiger charge is -2.30. The van der Waals surface area contributed by atoms with Gasteiger partial charge in [0.25, 0.3) is 10.1 Å². The molecule has 0 saturated carbocycles. The van der Waals surface area contributed by atoms with E-state index in [0.717, 1.165) is 87.4 Å². The Morgan fingerprint density at radius 1 is 0.576 bits per heavy atom. The highest BCUT2D eigenvalue weighted by atomic mass is 32.2. The lowest BCUT2D eigenvalue weighted by atomic mass is 9.95. The van der Waals surface area contributed by atoms with Crippen LogP contribution < -0.4 is 26.6 Å². The molecule has 0 bridgehead atoms. The summed E-state index contributed by atoms with van der Waals surface area (Å²) in [6.07, 6.45) is 6.41. The van der Waals surface area contributed by atoms with Gasteiger partial charge in [0.1, 0.15) is 60.4 Å². The number of carboxylic acids is 2. The molecular formula is C88H110N10O26S. The van der Waals surface area contributed by atoms with Gasteiger partial charge >= 0.3 is 60.3 Å². The summed E-state index contributed by atoms with van der Waals surface area (Å²) >= 11 is 0. The number of aryl methyl sites for hydroxylation is 1. The van der Waals surface area contributed by atoms with Gasteiger partial charge in [-0.2, -0.15) is 8.42 Å². The molecule has 36 nitrogen and oxygen atoms in total. The maximum atomic E-state index is 13.3. The molecular weight excluding hydrogens is 1650 g/mol. The van der Waals surface area contributed by atoms with Gasteiger partial charge in [-0.15, -0.1) is 0 Å². The van der Waals surface area contributed by atoms with E-state index >= 15 is 0 Å². The van der Waals surface area contributed by atoms with Crippen LogP contribution in [-0.4, -0.2) is 222 Å². The number of carbonyl (C=O) groups excluding carboxylic acids is 10. The molecule has 8 atom stereocenters. The smallest absolute Gasteiger partial charge is 0.408 e. The van der Waals surface area contributed by atoms with Crippen molar-refractivity contribution in [1.29, 1.82) is 0 Å². The van der Waals surface area contributed by atoms with E-state index in [-0.39, 0.29) is 114 Å². The summed E-state index contributed by atoms with van der Waals surface area (Å²) in [4.78, 5) is 156. The first kappa shape index (κ1) is 97.7. The van der Waals surface area contributed by atoms with Gasteiger partial charge in [0.05, 0.1) is 74.2 Å². The highest BCUT2D eigenvalue weighted by Crippen LogP contribution is 2.36. The Hall–Kier alpha value is -12.8. The molecule has 125 heavy (non-hydrogen) atoms. The molecule has 7 amide bonds. The number of ether oxygens (including phenoxy) is 8. The fraction of sp³-hybridized carbons (Fsp3) is 0.455. The van der Waals surface area contributed by atoms with E-state index in [1.165, 1.54) is 12.1 Å². The zero-order valence-corrected chi connectivity index (χ0v) is 70.8. The predicted octanol–water partition coefficient (Wildman–Crippen LogP) is 10.5. The summed E-state index contributed by atoms with van der Waals surface area (Å²) in [7, 11) is -4.01. The quantitative estimate of drug-likeness (QED) is 0.0154. The number of imidazole rings is 1. The van der Waals surface area contributed by atoms with Crippen molar-refractivity contribution >= 4 is 93.5 Å². The van der Waals surface area contributed by atoms with E-state index in [0.29, 0.717) is 51.8 Å². The number of aliphatic imine (C=N–C) groups is 1. The summed E-state index contributed by atoms with van der Waals surface area (Å²) in [5.41, 5.74) is 8.50. The van der Waals surface area contributed by atoms with Crippen LogP contribution in [0.2, 0.25) is 0 Å². The fourth-order valence-corrected chi connectivity index (χ4v) is 14.5. The molecule has 6 fully saturated rings. The van der Waals surface area contributed by atoms with Crippen LogP contribution in [0.4, 0.5) is 24.0 Å². The molecule has 6 aromatic rings. The Balaban J connectivity index is 0.000000219. The minimum absolute atomic E-state index is 0. The summed E-state index contributed by atoms with van der Waals surface area (Å²) in [5, 5.41) is 37.4. The van der Waals surface area contributed by atoms with Crippen LogP contribution in [-0.2, 0) is 99.0 Å². The van der Waals surface area contributed by atoms with Gasteiger partial charge in [0.2, 0.25) is 11.8 Å². The van der Waals surface area contributed by atoms with Gasteiger partial charge in [-0.3, -0.25) is 23.6 Å². The third kappa shape index (κ3) is 30.9. The molecule has 0 spiro atoms. The molecule has 0 aliphatic carbocycles. The number of nitrogens with one attached hydrogen (secondary N) is 6. The van der Waals surface area contributed by atoms with Crippen molar-refractivity contribution in [3.63, 3.8) is 0 Å². The Labute approximate surface area is 724 Å². The SMILES string of the molecule is C.CC(C)(C)OC(=O)N[C@@H](CCO)C(=O)O.Cc1ccc(S(=O)(=O)OCC[C@H](NC(=O)OC(C)(C)C)C(=O)OCc2ccccc2)cc1.O=C1C[C@H](C(=O)N2CCC[C@H]2C2=NC=C(c3ccc(-c4ccc(-c5cnc([C@@H]6CCCN6C(=O)[C@@H]6CCOC(=O)N6)[nH]5)cc4)cc3)C2)CCO1.O=C1N[C@H](C(=O)O)CCO1.O=C1N[C@H](C(=O)OCc2ccccc2)CCO1. The van der Waals surface area contributed by atoms with E-state index in [1.807, 2.05) is 77.7 Å². The third-order valence-electron chi connectivity index (χ3n) is 19.9. The molecule has 7 aliphatic rings. The number of hydrogen-bond acceptors (Lipinski definition) is 26. The van der Waals surface area contributed by atoms with Crippen LogP contribution in [0.1, 0.15) is 160 Å². The molecule has 7 aliphatic heterocycles. The highest BCUT2D eigenvalue weighted by molar-refractivity contribution is 7.86. The number of aromatic nitrogens is 2. The Morgan fingerprint density at radius 3 is 1.60 bits per heavy atom. The standard InChI is InChI=1S/C38H40N6O6.C23H29NO7S.C12H13NO4.C9H17NO5.C5H7NO4.CH4/c45-34-20-27(13-17-49-34)36(46)43-15-1-3-32(43)30-19-28(21-39-30)25-7-5-23(6-8-25)24-9-11-26(12-10-24)31-22-40-35(41-31)33-4-2-16-44(33)37(47)29-14-18-50-38(48)42-29;1-17-10-12-19(13-11-17)32(27,28)30-15-14-20(24-22(26)31-23(2,3)4)21(25)29-16-18-8-6-5-7-9-18;14-11(10-6-7-16-12(15)13-10)17-8-9-4-2-1-3-5-9;1-9(2,3)15-8(14)10-6(4-5-11)7(12)13;7-4(8)3-1-2-10-5(9)6-3;/h5-12,21-22,27,29,32-33H,1-4,13-20H2,(H,40,41)(H,42,48);5-13,20H,14-16H2,1-4H3,(H,24,26);1-5,10H,6-8H2,(H,13,15);6,11H,4-5H2,1-3H3,(H,10,14)(H,12,13);3H,1-2H2,(H,6,9)(H,7,8);1H4/t27-,29+,32+,33+;20-;10-;6-;3-;/m10000./s1. The molecule has 8 heterocycles. The zero-order valence-electron chi connectivity index (χ0n) is 70.0. The zero-order chi connectivity index (χ0) is 89.7. The predicted molar refractivity (Wildman–Crippen MR) is 452 cm³/mol. The number of amides is 7. The number of aliphatic hydroxyl groups is 1. The van der Waals surface area contributed by atoms with Gasteiger partial charge in [0.15, 0.2) is 0 Å². The first-order valence-corrected chi connectivity index (χ1v) is 42.0. The second-order valence-electron chi connectivity index (χ2n) is 31.6. The van der Waals surface area contributed by atoms with Crippen molar-refractivity contribution < 1.29 is 123 Å². The number of benzene rings is 5. The van der Waals surface area contributed by atoms with E-state index in [4.69, 9.17) is 52.9 Å². The third-order valence-corrected chi connectivity index (χ3v) is 21.2. The average Bonchev–Trinajstić information content (AvgIpc) is 1.67. The summed E-state index contributed by atoms with van der Waals surface area (Å²) in [5.74, 6) is -3.23. The van der Waals surface area contributed by atoms with Crippen LogP contribution >= 0.6 is 0 Å². The number of hydrogen-bond donors (Lipinski definition) is 9. The normalized spacial score (nSPS) is 19.4. The lowest BCUT2D eigenvalue weighted by molar-refractivity contribution is -0.155. The molecule has 0 radical (unpaired) electrons. The highest BCUT2D eigenvalue weighted by Gasteiger charge is 2.41. The summed E-state index contributed by atoms with van der Waals surface area (Å²) < 4.78 is 69.3. The number of aromatic amines is 1. The van der Waals surface area contributed by atoms with Gasteiger partial charge < -0.3 is 94.6 Å². The monoisotopic (exact) mass is 1750 g/mol. The number of aliphatic hydroxyl groups excluding tert-OH is 1. The van der Waals surface area contributed by atoms with E-state index in [9.17, 15) is 66.0 Å². The molecule has 674 valence electrons. The van der Waals surface area contributed by atoms with Crippen LogP contribution in [0.3, 0.4) is 0 Å². The van der Waals surface area contributed by atoms with E-state index in [1.54, 1.807) is 65.8 Å². The minimum Gasteiger partial charge on any atom is -0.480 e. The maximum absolute atomic E-state index is 13.3. The van der Waals surface area contributed by atoms with Crippen molar-refractivity contribution in [2.45, 2.75) is 205 Å². The number of likely N-dealkylation sites (tertiary alicyclic amines) is 2. The van der Waals surface area contributed by atoms with Crippen molar-refractivity contribution in [3.8, 4) is 22.4 Å². The Morgan fingerprint density at radius 2 is 1.07 bits per heavy atom. The molecule has 0 unspecified atom stereocenters. The van der Waals surface area contributed by atoms with Crippen molar-refractivity contribution in [3.05, 3.63) is 174 Å². The second kappa shape index (κ2) is 46.6. The molecule has 5 aromatic carbocycles. The first-order chi connectivity index (χ1) is 59.1. The van der Waals surface area contributed by atoms with Crippen molar-refractivity contribution in [2.24, 2.45) is 10.9 Å². The summed E-state index contributed by atoms with van der Waals surface area (Å²) in [6, 6.07) is 37.1.